The maximum absolute atomic E-state index is 11.9. The summed E-state index contributed by atoms with van der Waals surface area (Å²) in [5, 5.41) is 4.66. The van der Waals surface area contributed by atoms with E-state index in [0.717, 1.165) is 17.0 Å². The molecule has 0 aromatic carbocycles. The Bertz CT molecular complexity index is 459. The van der Waals surface area contributed by atoms with Crippen LogP contribution in [0.3, 0.4) is 0 Å². The Labute approximate surface area is 115 Å². The summed E-state index contributed by atoms with van der Waals surface area (Å²) in [5.74, 6) is -0.380. The molecule has 1 aliphatic rings. The Hall–Kier alpha value is -1.32. The molecule has 106 valence electrons. The largest absolute Gasteiger partial charge is 0.466 e. The summed E-state index contributed by atoms with van der Waals surface area (Å²) in [4.78, 5) is 11.9. The summed E-state index contributed by atoms with van der Waals surface area (Å²) in [6.07, 6.45) is 4.97. The van der Waals surface area contributed by atoms with Crippen molar-refractivity contribution in [3.8, 4) is 0 Å². The predicted molar refractivity (Wildman–Crippen MR) is 74.3 cm³/mol. The Kier molecular flexibility index (Phi) is 4.27. The molecule has 1 fully saturated rings. The lowest BCUT2D eigenvalue weighted by atomic mass is 9.99. The molecule has 0 bridgehead atoms. The highest BCUT2D eigenvalue weighted by Crippen LogP contribution is 2.33. The molecule has 0 N–H and O–H groups in total. The second-order valence-electron chi connectivity index (χ2n) is 5.44. The molecule has 4 heteroatoms. The highest BCUT2D eigenvalue weighted by atomic mass is 16.5. The van der Waals surface area contributed by atoms with Crippen LogP contribution in [0.4, 0.5) is 0 Å². The van der Waals surface area contributed by atoms with E-state index in [4.69, 9.17) is 4.74 Å². The number of carbonyl (C=O) groups is 1. The lowest BCUT2D eigenvalue weighted by molar-refractivity contribution is -0.144. The van der Waals surface area contributed by atoms with Crippen molar-refractivity contribution in [2.24, 2.45) is 0 Å². The van der Waals surface area contributed by atoms with E-state index in [2.05, 4.69) is 16.7 Å². The maximum atomic E-state index is 11.9. The van der Waals surface area contributed by atoms with Gasteiger partial charge in [-0.25, -0.2) is 0 Å². The molecule has 19 heavy (non-hydrogen) atoms. The highest BCUT2D eigenvalue weighted by Gasteiger charge is 2.27. The number of ether oxygens (including phenoxy) is 1. The first-order valence-electron chi connectivity index (χ1n) is 7.28. The molecule has 1 heterocycles. The molecule has 0 amide bonds. The minimum Gasteiger partial charge on any atom is -0.466 e. The molecule has 1 atom stereocenters. The number of esters is 1. The molecule has 0 aliphatic heterocycles. The topological polar surface area (TPSA) is 44.1 Å². The van der Waals surface area contributed by atoms with Crippen LogP contribution in [0.25, 0.3) is 0 Å². The van der Waals surface area contributed by atoms with Crippen LogP contribution in [-0.4, -0.2) is 22.4 Å². The van der Waals surface area contributed by atoms with Crippen molar-refractivity contribution in [2.45, 2.75) is 65.3 Å². The van der Waals surface area contributed by atoms with Crippen LogP contribution in [0.5, 0.6) is 0 Å². The van der Waals surface area contributed by atoms with E-state index in [1.807, 2.05) is 20.8 Å². The van der Waals surface area contributed by atoms with Crippen LogP contribution in [0.2, 0.25) is 0 Å². The Morgan fingerprint density at radius 3 is 2.63 bits per heavy atom. The van der Waals surface area contributed by atoms with Crippen LogP contribution >= 0.6 is 0 Å². The fraction of sp³-hybridized carbons (Fsp3) is 0.733. The fourth-order valence-electron chi connectivity index (χ4n) is 3.19. The van der Waals surface area contributed by atoms with Crippen LogP contribution in [0.1, 0.15) is 68.4 Å². The minimum atomic E-state index is -0.227. The molecule has 1 aromatic rings. The lowest BCUT2D eigenvalue weighted by Crippen LogP contribution is -2.15. The molecule has 1 saturated carbocycles. The predicted octanol–water partition coefficient (Wildman–Crippen LogP) is 3.28. The molecule has 1 aromatic heterocycles. The number of aryl methyl sites for hydroxylation is 1. The van der Waals surface area contributed by atoms with Crippen molar-refractivity contribution < 1.29 is 9.53 Å². The van der Waals surface area contributed by atoms with E-state index in [1.165, 1.54) is 25.7 Å². The van der Waals surface area contributed by atoms with Crippen molar-refractivity contribution in [3.05, 3.63) is 17.0 Å². The number of carbonyl (C=O) groups excluding carboxylic acids is 1. The summed E-state index contributed by atoms with van der Waals surface area (Å²) < 4.78 is 7.26. The molecule has 0 radical (unpaired) electrons. The Morgan fingerprint density at radius 1 is 1.42 bits per heavy atom. The van der Waals surface area contributed by atoms with Crippen molar-refractivity contribution >= 4 is 5.97 Å². The molecular formula is C15H24N2O2. The van der Waals surface area contributed by atoms with Crippen molar-refractivity contribution in [1.29, 1.82) is 0 Å². The zero-order valence-corrected chi connectivity index (χ0v) is 12.4. The first kappa shape index (κ1) is 14.1. The second kappa shape index (κ2) is 5.76. The van der Waals surface area contributed by atoms with Crippen molar-refractivity contribution in [1.82, 2.24) is 9.78 Å². The summed E-state index contributed by atoms with van der Waals surface area (Å²) >= 11 is 0. The smallest absolute Gasteiger partial charge is 0.313 e. The number of hydrogen-bond acceptors (Lipinski definition) is 3. The second-order valence-corrected chi connectivity index (χ2v) is 5.44. The first-order chi connectivity index (χ1) is 9.06. The van der Waals surface area contributed by atoms with Gasteiger partial charge in [-0.2, -0.15) is 5.10 Å². The van der Waals surface area contributed by atoms with Crippen molar-refractivity contribution in [2.75, 3.05) is 6.61 Å². The molecule has 0 spiro atoms. The van der Waals surface area contributed by atoms with E-state index in [1.54, 1.807) is 0 Å². The van der Waals surface area contributed by atoms with Crippen molar-refractivity contribution in [3.63, 3.8) is 0 Å². The summed E-state index contributed by atoms with van der Waals surface area (Å²) in [6, 6.07) is 0.516. The lowest BCUT2D eigenvalue weighted by Gasteiger charge is -2.14. The van der Waals surface area contributed by atoms with Crippen LogP contribution < -0.4 is 0 Å². The van der Waals surface area contributed by atoms with Crippen LogP contribution in [0.15, 0.2) is 0 Å². The maximum Gasteiger partial charge on any atom is 0.313 e. The molecule has 1 unspecified atom stereocenters. The van der Waals surface area contributed by atoms with Gasteiger partial charge in [0.1, 0.15) is 0 Å². The molecule has 2 rings (SSSR count). The fourth-order valence-corrected chi connectivity index (χ4v) is 3.19. The van der Waals surface area contributed by atoms with Gasteiger partial charge in [-0.3, -0.25) is 9.48 Å². The third kappa shape index (κ3) is 2.67. The standard InChI is InChI=1S/C15H24N2O2/c1-5-19-15(18)10(2)14-11(3)16-17(12(14)4)13-8-6-7-9-13/h10,13H,5-9H2,1-4H3. The Balaban J connectivity index is 2.28. The van der Waals surface area contributed by atoms with Gasteiger partial charge in [0.2, 0.25) is 0 Å². The van der Waals surface area contributed by atoms with Gasteiger partial charge in [0.25, 0.3) is 0 Å². The summed E-state index contributed by atoms with van der Waals surface area (Å²) in [5.41, 5.74) is 3.14. The van der Waals surface area contributed by atoms with Gasteiger partial charge < -0.3 is 4.74 Å². The highest BCUT2D eigenvalue weighted by molar-refractivity contribution is 5.78. The third-order valence-corrected chi connectivity index (χ3v) is 4.12. The number of nitrogens with zero attached hydrogens (tertiary/aromatic N) is 2. The average molecular weight is 264 g/mol. The molecular weight excluding hydrogens is 240 g/mol. The zero-order valence-electron chi connectivity index (χ0n) is 12.4. The molecule has 1 aliphatic carbocycles. The number of aromatic nitrogens is 2. The third-order valence-electron chi connectivity index (χ3n) is 4.12. The van der Waals surface area contributed by atoms with Gasteiger partial charge >= 0.3 is 5.97 Å². The SMILES string of the molecule is CCOC(=O)C(C)c1c(C)nn(C2CCCC2)c1C. The van der Waals surface area contributed by atoms with E-state index >= 15 is 0 Å². The average Bonchev–Trinajstić information content (AvgIpc) is 2.97. The van der Waals surface area contributed by atoms with E-state index in [9.17, 15) is 4.79 Å². The van der Waals surface area contributed by atoms with E-state index in [-0.39, 0.29) is 11.9 Å². The molecule has 0 saturated heterocycles. The number of rotatable bonds is 4. The van der Waals surface area contributed by atoms with E-state index in [0.29, 0.717) is 12.6 Å². The van der Waals surface area contributed by atoms with Gasteiger partial charge in [-0.15, -0.1) is 0 Å². The normalized spacial score (nSPS) is 17.7. The first-order valence-corrected chi connectivity index (χ1v) is 7.28. The number of hydrogen-bond donors (Lipinski definition) is 0. The zero-order chi connectivity index (χ0) is 14.0. The quantitative estimate of drug-likeness (QED) is 0.784. The minimum absolute atomic E-state index is 0.153. The Morgan fingerprint density at radius 2 is 2.05 bits per heavy atom. The van der Waals surface area contributed by atoms with Gasteiger partial charge in [0.05, 0.1) is 24.3 Å². The van der Waals surface area contributed by atoms with E-state index < -0.39 is 0 Å². The van der Waals surface area contributed by atoms with Crippen LogP contribution in [-0.2, 0) is 9.53 Å². The van der Waals surface area contributed by atoms with Crippen LogP contribution in [0, 0.1) is 13.8 Å². The van der Waals surface area contributed by atoms with Gasteiger partial charge in [-0.1, -0.05) is 12.8 Å². The van der Waals surface area contributed by atoms with Gasteiger partial charge in [0, 0.05) is 11.3 Å². The summed E-state index contributed by atoms with van der Waals surface area (Å²) in [6.45, 7) is 8.24. The van der Waals surface area contributed by atoms with Gasteiger partial charge in [-0.05, 0) is 40.5 Å². The monoisotopic (exact) mass is 264 g/mol. The molecule has 4 nitrogen and oxygen atoms in total. The van der Waals surface area contributed by atoms with Gasteiger partial charge in [0.15, 0.2) is 0 Å². The summed E-state index contributed by atoms with van der Waals surface area (Å²) in [7, 11) is 0.